The average Bonchev–Trinajstić information content (AvgIpc) is 3.06. The summed E-state index contributed by atoms with van der Waals surface area (Å²) in [5, 5.41) is 16.0. The number of rotatable bonds is 2. The molecule has 0 spiro atoms. The Kier molecular flexibility index (Phi) is 4.39. The van der Waals surface area contributed by atoms with Gasteiger partial charge in [-0.05, 0) is 31.4 Å². The van der Waals surface area contributed by atoms with E-state index in [4.69, 9.17) is 4.74 Å². The number of carbonyl (C=O) groups excluding carboxylic acids is 1. The van der Waals surface area contributed by atoms with Gasteiger partial charge in [-0.25, -0.2) is 4.98 Å². The molecule has 29 heavy (non-hydrogen) atoms. The molecule has 152 valence electrons. The average molecular weight is 396 g/mol. The Bertz CT molecular complexity index is 921. The van der Waals surface area contributed by atoms with E-state index in [1.165, 1.54) is 11.4 Å². The number of pyridine rings is 1. The first-order valence-electron chi connectivity index (χ1n) is 9.99. The van der Waals surface area contributed by atoms with Crippen LogP contribution < -0.4 is 9.64 Å². The SMILES string of the molecule is CN1N=C2C=C(N3CCOc4cc(C(=O)N5CCCCC5)cnc43)C=CN2C1O. The summed E-state index contributed by atoms with van der Waals surface area (Å²) in [4.78, 5) is 23.0. The molecular weight excluding hydrogens is 372 g/mol. The van der Waals surface area contributed by atoms with Gasteiger partial charge in [0.25, 0.3) is 5.91 Å². The van der Waals surface area contributed by atoms with Crippen LogP contribution >= 0.6 is 0 Å². The molecule has 9 heteroatoms. The molecule has 0 aliphatic carbocycles. The van der Waals surface area contributed by atoms with Crippen LogP contribution in [-0.4, -0.2) is 76.3 Å². The number of carbonyl (C=O) groups is 1. The number of piperidine rings is 1. The van der Waals surface area contributed by atoms with Crippen molar-refractivity contribution < 1.29 is 14.6 Å². The van der Waals surface area contributed by atoms with Crippen LogP contribution in [0.2, 0.25) is 0 Å². The van der Waals surface area contributed by atoms with Gasteiger partial charge in [0.2, 0.25) is 6.35 Å². The summed E-state index contributed by atoms with van der Waals surface area (Å²) in [7, 11) is 1.73. The van der Waals surface area contributed by atoms with Gasteiger partial charge in [0.1, 0.15) is 6.61 Å². The van der Waals surface area contributed by atoms with Crippen LogP contribution in [0.1, 0.15) is 29.6 Å². The van der Waals surface area contributed by atoms with Crippen molar-refractivity contribution in [3.63, 3.8) is 0 Å². The van der Waals surface area contributed by atoms with E-state index in [9.17, 15) is 9.90 Å². The Labute approximate surface area is 169 Å². The predicted octanol–water partition coefficient (Wildman–Crippen LogP) is 1.15. The highest BCUT2D eigenvalue weighted by molar-refractivity contribution is 5.98. The molecule has 0 bridgehead atoms. The lowest BCUT2D eigenvalue weighted by atomic mass is 10.1. The number of amidine groups is 1. The van der Waals surface area contributed by atoms with Gasteiger partial charge in [0.05, 0.1) is 12.1 Å². The molecule has 1 unspecified atom stereocenters. The Morgan fingerprint density at radius 3 is 2.90 bits per heavy atom. The quantitative estimate of drug-likeness (QED) is 0.803. The minimum absolute atomic E-state index is 0.0190. The van der Waals surface area contributed by atoms with Crippen molar-refractivity contribution in [1.29, 1.82) is 0 Å². The maximum atomic E-state index is 12.8. The van der Waals surface area contributed by atoms with E-state index >= 15 is 0 Å². The molecule has 5 heterocycles. The number of anilines is 1. The number of ether oxygens (including phenoxy) is 1. The van der Waals surface area contributed by atoms with Gasteiger partial charge in [-0.1, -0.05) is 0 Å². The second kappa shape index (κ2) is 7.07. The lowest BCUT2D eigenvalue weighted by Crippen LogP contribution is -2.39. The molecular formula is C20H24N6O3. The number of allylic oxidation sites excluding steroid dienone is 1. The van der Waals surface area contributed by atoms with E-state index in [2.05, 4.69) is 15.0 Å². The maximum Gasteiger partial charge on any atom is 0.255 e. The van der Waals surface area contributed by atoms with Gasteiger partial charge in [-0.15, -0.1) is 0 Å². The zero-order chi connectivity index (χ0) is 20.0. The van der Waals surface area contributed by atoms with E-state index in [-0.39, 0.29) is 5.91 Å². The van der Waals surface area contributed by atoms with Crippen LogP contribution in [0.25, 0.3) is 0 Å². The fourth-order valence-electron chi connectivity index (χ4n) is 4.07. The van der Waals surface area contributed by atoms with E-state index < -0.39 is 6.35 Å². The van der Waals surface area contributed by atoms with Gasteiger partial charge in [0.15, 0.2) is 17.4 Å². The number of aliphatic hydroxyl groups is 1. The number of hydrogen-bond acceptors (Lipinski definition) is 8. The molecule has 0 aromatic carbocycles. The highest BCUT2D eigenvalue weighted by atomic mass is 16.5. The zero-order valence-electron chi connectivity index (χ0n) is 16.4. The van der Waals surface area contributed by atoms with Crippen molar-refractivity contribution in [3.05, 3.63) is 41.9 Å². The molecule has 1 N–H and O–H groups in total. The number of aliphatic hydroxyl groups excluding tert-OH is 1. The van der Waals surface area contributed by atoms with Crippen molar-refractivity contribution in [1.82, 2.24) is 19.8 Å². The zero-order valence-corrected chi connectivity index (χ0v) is 16.4. The van der Waals surface area contributed by atoms with Crippen molar-refractivity contribution in [2.45, 2.75) is 25.6 Å². The fraction of sp³-hybridized carbons (Fsp3) is 0.450. The second-order valence-corrected chi connectivity index (χ2v) is 7.57. The minimum Gasteiger partial charge on any atom is -0.488 e. The van der Waals surface area contributed by atoms with E-state index in [0.717, 1.165) is 31.6 Å². The number of hydrazone groups is 1. The van der Waals surface area contributed by atoms with Gasteiger partial charge in [0, 0.05) is 44.3 Å². The molecule has 4 aliphatic heterocycles. The predicted molar refractivity (Wildman–Crippen MR) is 107 cm³/mol. The highest BCUT2D eigenvalue weighted by Gasteiger charge is 2.32. The van der Waals surface area contributed by atoms with Crippen LogP contribution in [0.5, 0.6) is 5.75 Å². The Hall–Kier alpha value is -3.07. The lowest BCUT2D eigenvalue weighted by Gasteiger charge is -2.33. The standard InChI is InChI=1S/C20H24N6O3/c1-23-20(28)26-8-5-15(12-17(26)22-23)25-9-10-29-16-11-14(13-21-18(16)25)19(27)24-6-3-2-4-7-24/h5,8,11-13,20,28H,2-4,6-7,9-10H2,1H3. The summed E-state index contributed by atoms with van der Waals surface area (Å²) >= 11 is 0. The molecule has 1 amide bonds. The number of hydrogen-bond donors (Lipinski definition) is 1. The summed E-state index contributed by atoms with van der Waals surface area (Å²) < 4.78 is 5.83. The van der Waals surface area contributed by atoms with Crippen LogP contribution in [0, 0.1) is 0 Å². The number of aromatic nitrogens is 1. The summed E-state index contributed by atoms with van der Waals surface area (Å²) in [5.74, 6) is 1.98. The van der Waals surface area contributed by atoms with Gasteiger partial charge in [-0.2, -0.15) is 5.10 Å². The van der Waals surface area contributed by atoms with Crippen molar-refractivity contribution in [3.8, 4) is 5.75 Å². The number of amides is 1. The molecule has 0 radical (unpaired) electrons. The smallest absolute Gasteiger partial charge is 0.255 e. The lowest BCUT2D eigenvalue weighted by molar-refractivity contribution is -0.0264. The summed E-state index contributed by atoms with van der Waals surface area (Å²) in [5.41, 5.74) is 1.48. The molecule has 4 aliphatic rings. The maximum absolute atomic E-state index is 12.8. The topological polar surface area (TPSA) is 84.7 Å². The molecule has 1 aromatic heterocycles. The fourth-order valence-corrected chi connectivity index (χ4v) is 4.07. The summed E-state index contributed by atoms with van der Waals surface area (Å²) in [6.07, 6.45) is 9.79. The molecule has 0 saturated carbocycles. The monoisotopic (exact) mass is 396 g/mol. The molecule has 1 fully saturated rings. The molecule has 1 atom stereocenters. The summed E-state index contributed by atoms with van der Waals surface area (Å²) in [6.45, 7) is 2.75. The molecule has 9 nitrogen and oxygen atoms in total. The van der Waals surface area contributed by atoms with Crippen molar-refractivity contribution >= 4 is 17.6 Å². The van der Waals surface area contributed by atoms with E-state index in [1.54, 1.807) is 24.2 Å². The first kappa shape index (κ1) is 18.0. The normalized spacial score (nSPS) is 23.3. The van der Waals surface area contributed by atoms with Crippen molar-refractivity contribution in [2.75, 3.05) is 38.2 Å². The number of nitrogens with zero attached hydrogens (tertiary/aromatic N) is 6. The van der Waals surface area contributed by atoms with Gasteiger partial charge in [-0.3, -0.25) is 14.7 Å². The van der Waals surface area contributed by atoms with Crippen LogP contribution in [0.4, 0.5) is 5.82 Å². The van der Waals surface area contributed by atoms with E-state index in [1.807, 2.05) is 23.3 Å². The van der Waals surface area contributed by atoms with E-state index in [0.29, 0.717) is 36.1 Å². The van der Waals surface area contributed by atoms with Gasteiger partial charge < -0.3 is 19.6 Å². The van der Waals surface area contributed by atoms with Gasteiger partial charge >= 0.3 is 0 Å². The number of fused-ring (bicyclic) bond motifs is 2. The number of likely N-dealkylation sites (tertiary alicyclic amines) is 1. The Balaban J connectivity index is 1.41. The molecule has 1 saturated heterocycles. The first-order chi connectivity index (χ1) is 14.1. The van der Waals surface area contributed by atoms with Crippen LogP contribution in [-0.2, 0) is 0 Å². The van der Waals surface area contributed by atoms with Crippen LogP contribution in [0.3, 0.4) is 0 Å². The Morgan fingerprint density at radius 1 is 1.24 bits per heavy atom. The third-order valence-electron chi connectivity index (χ3n) is 5.65. The van der Waals surface area contributed by atoms with Crippen LogP contribution in [0.15, 0.2) is 41.4 Å². The largest absolute Gasteiger partial charge is 0.488 e. The minimum atomic E-state index is -0.794. The first-order valence-corrected chi connectivity index (χ1v) is 9.99. The second-order valence-electron chi connectivity index (χ2n) is 7.57. The molecule has 1 aromatic rings. The molecule has 5 rings (SSSR count). The Morgan fingerprint density at radius 2 is 2.07 bits per heavy atom. The van der Waals surface area contributed by atoms with Crippen molar-refractivity contribution in [2.24, 2.45) is 5.10 Å². The highest BCUT2D eigenvalue weighted by Crippen LogP contribution is 2.34. The third kappa shape index (κ3) is 3.11. The third-order valence-corrected chi connectivity index (χ3v) is 5.65. The summed E-state index contributed by atoms with van der Waals surface area (Å²) in [6, 6.07) is 1.80.